The monoisotopic (exact) mass is 243 g/mol. The number of carboxylic acids is 1. The van der Waals surface area contributed by atoms with Gasteiger partial charge in [0.2, 0.25) is 10.0 Å². The summed E-state index contributed by atoms with van der Waals surface area (Å²) in [5.74, 6) is -2.33. The molecular weight excluding hydrogens is 236 g/mol. The molecule has 0 spiro atoms. The molecule has 2 N–H and O–H groups in total. The summed E-state index contributed by atoms with van der Waals surface area (Å²) in [7, 11) is 1.65. The van der Waals surface area contributed by atoms with Gasteiger partial charge >= 0.3 is 5.97 Å². The number of aromatic carboxylic acids is 1. The number of anilines is 1. The molecule has 0 aromatic heterocycles. The largest absolute Gasteiger partial charge is 0.478 e. The van der Waals surface area contributed by atoms with Crippen molar-refractivity contribution in [3.63, 3.8) is 0 Å². The summed E-state index contributed by atoms with van der Waals surface area (Å²) in [5.41, 5.74) is -1.16. The highest BCUT2D eigenvalue weighted by atomic mass is 32.2. The van der Waals surface area contributed by atoms with E-state index in [2.05, 4.69) is 0 Å². The van der Waals surface area contributed by atoms with E-state index in [9.17, 15) is 17.6 Å². The SMILES string of the molecule is [B]c1cc(F)cc(C(=O)O)c1NS(C)(=O)=O. The lowest BCUT2D eigenvalue weighted by molar-refractivity contribution is 0.0697. The summed E-state index contributed by atoms with van der Waals surface area (Å²) in [6.45, 7) is 0. The smallest absolute Gasteiger partial charge is 0.337 e. The van der Waals surface area contributed by atoms with Gasteiger partial charge in [0.05, 0.1) is 17.5 Å². The van der Waals surface area contributed by atoms with Crippen LogP contribution in [-0.4, -0.2) is 33.6 Å². The summed E-state index contributed by atoms with van der Waals surface area (Å²) in [5, 5.41) is 8.75. The summed E-state index contributed by atoms with van der Waals surface area (Å²) < 4.78 is 36.7. The molecule has 8 heteroatoms. The van der Waals surface area contributed by atoms with Crippen molar-refractivity contribution in [1.82, 2.24) is 0 Å². The van der Waals surface area contributed by atoms with Crippen LogP contribution in [0.4, 0.5) is 10.1 Å². The van der Waals surface area contributed by atoms with Gasteiger partial charge in [0.15, 0.2) is 0 Å². The molecule has 1 aromatic carbocycles. The van der Waals surface area contributed by atoms with Gasteiger partial charge in [-0.1, -0.05) is 5.46 Å². The molecule has 0 aliphatic rings. The maximum absolute atomic E-state index is 12.9. The second kappa shape index (κ2) is 4.13. The van der Waals surface area contributed by atoms with E-state index in [0.717, 1.165) is 12.3 Å². The molecule has 0 saturated heterocycles. The fourth-order valence-electron chi connectivity index (χ4n) is 1.10. The molecule has 1 rings (SSSR count). The number of hydrogen-bond donors (Lipinski definition) is 2. The van der Waals surface area contributed by atoms with E-state index in [1.165, 1.54) is 0 Å². The van der Waals surface area contributed by atoms with Gasteiger partial charge < -0.3 is 5.11 Å². The normalized spacial score (nSPS) is 11.1. The van der Waals surface area contributed by atoms with Crippen molar-refractivity contribution in [2.45, 2.75) is 0 Å². The van der Waals surface area contributed by atoms with Crippen LogP contribution in [0.3, 0.4) is 0 Å². The first-order chi connectivity index (χ1) is 7.20. The minimum absolute atomic E-state index is 0.289. The molecule has 5 nitrogen and oxygen atoms in total. The van der Waals surface area contributed by atoms with Crippen LogP contribution in [0.1, 0.15) is 10.4 Å². The lowest BCUT2D eigenvalue weighted by Gasteiger charge is -2.11. The van der Waals surface area contributed by atoms with Gasteiger partial charge in [-0.05, 0) is 12.1 Å². The van der Waals surface area contributed by atoms with Gasteiger partial charge in [-0.3, -0.25) is 4.72 Å². The predicted molar refractivity (Wildman–Crippen MR) is 57.2 cm³/mol. The number of hydrogen-bond acceptors (Lipinski definition) is 3. The Morgan fingerprint density at radius 1 is 1.50 bits per heavy atom. The Kier molecular flexibility index (Phi) is 3.23. The van der Waals surface area contributed by atoms with Gasteiger partial charge in [-0.15, -0.1) is 0 Å². The molecule has 0 atom stereocenters. The Balaban J connectivity index is 3.41. The first-order valence-corrected chi connectivity index (χ1v) is 5.90. The van der Waals surface area contributed by atoms with E-state index in [-0.39, 0.29) is 11.2 Å². The molecule has 0 fully saturated rings. The molecule has 0 aliphatic carbocycles. The zero-order valence-electron chi connectivity index (χ0n) is 8.19. The molecular formula is C8H7BFNO4S. The first kappa shape index (κ1) is 12.5. The van der Waals surface area contributed by atoms with Gasteiger partial charge in [0, 0.05) is 0 Å². The van der Waals surface area contributed by atoms with Crippen molar-refractivity contribution in [3.05, 3.63) is 23.5 Å². The second-order valence-electron chi connectivity index (χ2n) is 3.10. The third-order valence-corrected chi connectivity index (χ3v) is 2.23. The van der Waals surface area contributed by atoms with E-state index < -0.39 is 27.4 Å². The van der Waals surface area contributed by atoms with Gasteiger partial charge in [-0.2, -0.15) is 0 Å². The van der Waals surface area contributed by atoms with Crippen LogP contribution < -0.4 is 10.2 Å². The number of benzene rings is 1. The molecule has 2 radical (unpaired) electrons. The van der Waals surface area contributed by atoms with Crippen molar-refractivity contribution in [2.75, 3.05) is 11.0 Å². The van der Waals surface area contributed by atoms with Crippen molar-refractivity contribution in [3.8, 4) is 0 Å². The molecule has 0 amide bonds. The quantitative estimate of drug-likeness (QED) is 0.713. The minimum atomic E-state index is -3.68. The van der Waals surface area contributed by atoms with E-state index in [1.54, 1.807) is 0 Å². The van der Waals surface area contributed by atoms with E-state index in [1.807, 2.05) is 4.72 Å². The van der Waals surface area contributed by atoms with Gasteiger partial charge in [-0.25, -0.2) is 17.6 Å². The molecule has 0 bridgehead atoms. The molecule has 16 heavy (non-hydrogen) atoms. The number of carboxylic acid groups (broad SMARTS) is 1. The third kappa shape index (κ3) is 2.96. The summed E-state index contributed by atoms with van der Waals surface area (Å²) in [6.07, 6.45) is 0.835. The van der Waals surface area contributed by atoms with Crippen LogP contribution in [0.25, 0.3) is 0 Å². The Morgan fingerprint density at radius 2 is 2.06 bits per heavy atom. The Hall–Kier alpha value is -1.57. The lowest BCUT2D eigenvalue weighted by Crippen LogP contribution is -2.22. The van der Waals surface area contributed by atoms with Crippen LogP contribution in [0.2, 0.25) is 0 Å². The van der Waals surface area contributed by atoms with Crippen molar-refractivity contribution in [1.29, 1.82) is 0 Å². The maximum atomic E-state index is 12.9. The predicted octanol–water partition coefficient (Wildman–Crippen LogP) is -0.311. The highest BCUT2D eigenvalue weighted by Crippen LogP contribution is 2.15. The number of nitrogens with one attached hydrogen (secondary N) is 1. The average molecular weight is 243 g/mol. The highest BCUT2D eigenvalue weighted by molar-refractivity contribution is 7.92. The van der Waals surface area contributed by atoms with Gasteiger partial charge in [0.1, 0.15) is 13.7 Å². The van der Waals surface area contributed by atoms with Crippen molar-refractivity contribution < 1.29 is 22.7 Å². The van der Waals surface area contributed by atoms with E-state index in [4.69, 9.17) is 13.0 Å². The van der Waals surface area contributed by atoms with Crippen LogP contribution in [-0.2, 0) is 10.0 Å². The van der Waals surface area contributed by atoms with Crippen LogP contribution >= 0.6 is 0 Å². The molecule has 0 saturated carbocycles. The topological polar surface area (TPSA) is 83.5 Å². The second-order valence-corrected chi connectivity index (χ2v) is 4.85. The van der Waals surface area contributed by atoms with Crippen LogP contribution in [0.5, 0.6) is 0 Å². The number of rotatable bonds is 3. The number of halogens is 1. The summed E-state index contributed by atoms with van der Waals surface area (Å²) in [4.78, 5) is 10.8. The fraction of sp³-hybridized carbons (Fsp3) is 0.125. The number of sulfonamides is 1. The third-order valence-electron chi connectivity index (χ3n) is 1.65. The zero-order valence-corrected chi connectivity index (χ0v) is 9.01. The molecule has 1 aromatic rings. The minimum Gasteiger partial charge on any atom is -0.478 e. The van der Waals surface area contributed by atoms with Crippen LogP contribution in [0.15, 0.2) is 12.1 Å². The summed E-state index contributed by atoms with van der Waals surface area (Å²) in [6, 6.07) is 1.52. The Labute approximate surface area is 92.7 Å². The van der Waals surface area contributed by atoms with E-state index >= 15 is 0 Å². The summed E-state index contributed by atoms with van der Waals surface area (Å²) >= 11 is 0. The molecule has 84 valence electrons. The molecule has 0 heterocycles. The average Bonchev–Trinajstić information content (AvgIpc) is 2.07. The van der Waals surface area contributed by atoms with Crippen LogP contribution in [0, 0.1) is 5.82 Å². The highest BCUT2D eigenvalue weighted by Gasteiger charge is 2.16. The van der Waals surface area contributed by atoms with Crippen molar-refractivity contribution in [2.24, 2.45) is 0 Å². The van der Waals surface area contributed by atoms with Gasteiger partial charge in [0.25, 0.3) is 0 Å². The first-order valence-electron chi connectivity index (χ1n) is 4.01. The Bertz CT molecular complexity index is 543. The van der Waals surface area contributed by atoms with Crippen molar-refractivity contribution >= 4 is 35.0 Å². The van der Waals surface area contributed by atoms with E-state index in [0.29, 0.717) is 6.07 Å². The Morgan fingerprint density at radius 3 is 2.50 bits per heavy atom. The fourth-order valence-corrected chi connectivity index (χ4v) is 1.69. The zero-order chi connectivity index (χ0) is 12.5. The lowest BCUT2D eigenvalue weighted by atomic mass is 9.91. The standard InChI is InChI=1S/C8H7BFNO4S/c1-16(14,15)11-7-5(8(12)13)2-4(10)3-6(7)9/h2-3,11H,1H3,(H,12,13). The number of carbonyl (C=O) groups is 1. The molecule has 0 aliphatic heterocycles. The molecule has 0 unspecified atom stereocenters. The maximum Gasteiger partial charge on any atom is 0.337 e.